The third-order valence-electron chi connectivity index (χ3n) is 5.83. The van der Waals surface area contributed by atoms with Crippen LogP contribution in [0.15, 0.2) is 95.8 Å². The number of rotatable bonds is 7. The molecule has 0 aliphatic rings. The molecule has 2 heterocycles. The topological polar surface area (TPSA) is 92.9 Å². The average Bonchev–Trinajstić information content (AvgIpc) is 3.35. The highest BCUT2D eigenvalue weighted by Gasteiger charge is 2.17. The van der Waals surface area contributed by atoms with Gasteiger partial charge in [0.15, 0.2) is 10.3 Å². The number of H-pyrrole nitrogens is 1. The molecule has 5 rings (SSSR count). The minimum absolute atomic E-state index is 0.258. The number of benzene rings is 3. The van der Waals surface area contributed by atoms with Crippen LogP contribution in [0, 0.1) is 4.77 Å². The predicted octanol–water partition coefficient (Wildman–Crippen LogP) is 5.12. The molecule has 0 atom stereocenters. The molecule has 0 fully saturated rings. The second-order valence-corrected chi connectivity index (χ2v) is 8.67. The van der Waals surface area contributed by atoms with Crippen molar-refractivity contribution in [3.8, 4) is 11.4 Å². The monoisotopic (exact) mass is 494 g/mol. The molecule has 0 unspecified atom stereocenters. The number of hydrogen-bond acceptors (Lipinski definition) is 4. The van der Waals surface area contributed by atoms with Crippen molar-refractivity contribution in [3.63, 3.8) is 0 Å². The molecule has 36 heavy (non-hydrogen) atoms. The van der Waals surface area contributed by atoms with Crippen molar-refractivity contribution in [2.45, 2.75) is 13.1 Å². The zero-order chi connectivity index (χ0) is 25.1. The van der Waals surface area contributed by atoms with Crippen LogP contribution in [-0.4, -0.2) is 30.2 Å². The summed E-state index contributed by atoms with van der Waals surface area (Å²) in [5, 5.41) is 8.84. The zero-order valence-electron chi connectivity index (χ0n) is 19.2. The summed E-state index contributed by atoms with van der Waals surface area (Å²) in [6.45, 7) is 0.821. The number of imidazole rings is 1. The Labute approximate surface area is 211 Å². The molecule has 0 saturated heterocycles. The first-order valence-electron chi connectivity index (χ1n) is 11.3. The van der Waals surface area contributed by atoms with E-state index in [4.69, 9.17) is 17.3 Å². The number of carboxylic acids is 1. The van der Waals surface area contributed by atoms with Crippen LogP contribution in [-0.2, 0) is 17.9 Å². The van der Waals surface area contributed by atoms with Gasteiger partial charge in [0, 0.05) is 11.6 Å². The Morgan fingerprint density at radius 1 is 0.889 bits per heavy atom. The van der Waals surface area contributed by atoms with Crippen molar-refractivity contribution in [1.29, 1.82) is 0 Å². The maximum Gasteiger partial charge on any atom is 0.328 e. The van der Waals surface area contributed by atoms with Crippen LogP contribution >= 0.6 is 12.2 Å². The Morgan fingerprint density at radius 3 is 2.06 bits per heavy atom. The van der Waals surface area contributed by atoms with Crippen molar-refractivity contribution in [1.82, 2.24) is 19.1 Å². The minimum Gasteiger partial charge on any atom is -0.478 e. The van der Waals surface area contributed by atoms with Crippen molar-refractivity contribution >= 4 is 35.4 Å². The number of aromatic amines is 1. The smallest absolute Gasteiger partial charge is 0.328 e. The standard InChI is InChI=1S/C28H22N4O3S/c33-23(34)16-13-19-11-14-22(15-12-19)25-29-24-26(30-25)31(17-20-7-3-1-4-8-20)28(36)32(27(24)35)18-21-9-5-2-6-10-21/h1-16H,17-18H2,(H,29,30)(H,33,34)/b16-13+. The summed E-state index contributed by atoms with van der Waals surface area (Å²) < 4.78 is 3.90. The Hall–Kier alpha value is -4.56. The van der Waals surface area contributed by atoms with Crippen LogP contribution in [0.3, 0.4) is 0 Å². The van der Waals surface area contributed by atoms with Crippen LogP contribution in [0.4, 0.5) is 0 Å². The SMILES string of the molecule is O=C(O)/C=C/c1ccc(-c2nc3c(=O)n(Cc4ccccc4)c(=S)n(Cc4ccccc4)c3[nH]2)cc1. The van der Waals surface area contributed by atoms with Gasteiger partial charge in [-0.2, -0.15) is 0 Å². The lowest BCUT2D eigenvalue weighted by molar-refractivity contribution is -0.131. The highest BCUT2D eigenvalue weighted by atomic mass is 32.1. The molecule has 178 valence electrons. The number of carbonyl (C=O) groups is 1. The van der Waals surface area contributed by atoms with E-state index < -0.39 is 5.97 Å². The summed E-state index contributed by atoms with van der Waals surface area (Å²) in [5.41, 5.74) is 4.14. The van der Waals surface area contributed by atoms with Crippen molar-refractivity contribution in [2.75, 3.05) is 0 Å². The zero-order valence-corrected chi connectivity index (χ0v) is 20.0. The van der Waals surface area contributed by atoms with E-state index in [0.717, 1.165) is 28.3 Å². The lowest BCUT2D eigenvalue weighted by Gasteiger charge is -2.14. The van der Waals surface area contributed by atoms with Gasteiger partial charge >= 0.3 is 5.97 Å². The van der Waals surface area contributed by atoms with Gasteiger partial charge in [0.25, 0.3) is 5.56 Å². The Morgan fingerprint density at radius 2 is 1.47 bits per heavy atom. The summed E-state index contributed by atoms with van der Waals surface area (Å²) in [6.07, 6.45) is 2.60. The van der Waals surface area contributed by atoms with E-state index in [9.17, 15) is 9.59 Å². The summed E-state index contributed by atoms with van der Waals surface area (Å²) in [4.78, 5) is 32.3. The van der Waals surface area contributed by atoms with Crippen LogP contribution < -0.4 is 5.56 Å². The van der Waals surface area contributed by atoms with Crippen molar-refractivity contribution in [3.05, 3.63) is 123 Å². The third-order valence-corrected chi connectivity index (χ3v) is 6.27. The highest BCUT2D eigenvalue weighted by molar-refractivity contribution is 7.71. The molecule has 0 radical (unpaired) electrons. The first-order chi connectivity index (χ1) is 17.5. The van der Waals surface area contributed by atoms with Gasteiger partial charge < -0.3 is 10.1 Å². The Bertz CT molecular complexity index is 1680. The lowest BCUT2D eigenvalue weighted by Crippen LogP contribution is -2.26. The molecule has 0 saturated carbocycles. The second kappa shape index (κ2) is 9.97. The van der Waals surface area contributed by atoms with E-state index in [1.54, 1.807) is 16.7 Å². The normalized spacial score (nSPS) is 11.3. The molecule has 5 aromatic rings. The van der Waals surface area contributed by atoms with Gasteiger partial charge in [0.1, 0.15) is 11.5 Å². The molecule has 0 spiro atoms. The van der Waals surface area contributed by atoms with E-state index in [-0.39, 0.29) is 5.56 Å². The van der Waals surface area contributed by atoms with E-state index in [2.05, 4.69) is 9.97 Å². The molecule has 2 N–H and O–H groups in total. The molecule has 0 aliphatic heterocycles. The molecule has 2 aromatic heterocycles. The maximum atomic E-state index is 13.5. The van der Waals surface area contributed by atoms with Crippen LogP contribution in [0.25, 0.3) is 28.6 Å². The highest BCUT2D eigenvalue weighted by Crippen LogP contribution is 2.21. The van der Waals surface area contributed by atoms with E-state index in [0.29, 0.717) is 34.8 Å². The first kappa shape index (κ1) is 23.2. The Balaban J connectivity index is 1.64. The van der Waals surface area contributed by atoms with Gasteiger partial charge in [0.05, 0.1) is 13.1 Å². The number of aliphatic carboxylic acids is 1. The predicted molar refractivity (Wildman–Crippen MR) is 142 cm³/mol. The van der Waals surface area contributed by atoms with Gasteiger partial charge in [-0.1, -0.05) is 84.9 Å². The molecular formula is C28H22N4O3S. The molecule has 3 aromatic carbocycles. The van der Waals surface area contributed by atoms with Gasteiger partial charge in [-0.15, -0.1) is 0 Å². The Kier molecular flexibility index (Phi) is 6.42. The van der Waals surface area contributed by atoms with Gasteiger partial charge in [-0.05, 0) is 35.0 Å². The fourth-order valence-electron chi connectivity index (χ4n) is 4.04. The minimum atomic E-state index is -1.01. The van der Waals surface area contributed by atoms with Gasteiger partial charge in [-0.3, -0.25) is 13.9 Å². The number of nitrogens with zero attached hydrogens (tertiary/aromatic N) is 3. The third kappa shape index (κ3) is 4.80. The second-order valence-electron chi connectivity index (χ2n) is 8.31. The molecule has 0 aliphatic carbocycles. The largest absolute Gasteiger partial charge is 0.478 e. The molecular weight excluding hydrogens is 472 g/mol. The fraction of sp³-hybridized carbons (Fsp3) is 0.0714. The number of carboxylic acid groups (broad SMARTS) is 1. The van der Waals surface area contributed by atoms with Crippen molar-refractivity contribution in [2.24, 2.45) is 0 Å². The summed E-state index contributed by atoms with van der Waals surface area (Å²) >= 11 is 5.82. The average molecular weight is 495 g/mol. The fourth-order valence-corrected chi connectivity index (χ4v) is 4.34. The number of hydrogen-bond donors (Lipinski definition) is 2. The summed E-state index contributed by atoms with van der Waals surface area (Å²) in [6, 6.07) is 26.9. The lowest BCUT2D eigenvalue weighted by atomic mass is 10.1. The van der Waals surface area contributed by atoms with Gasteiger partial charge in [0.2, 0.25) is 0 Å². The number of aromatic nitrogens is 4. The summed E-state index contributed by atoms with van der Waals surface area (Å²) in [7, 11) is 0. The van der Waals surface area contributed by atoms with E-state index in [1.807, 2.05) is 77.4 Å². The first-order valence-corrected chi connectivity index (χ1v) is 11.7. The van der Waals surface area contributed by atoms with E-state index >= 15 is 0 Å². The quantitative estimate of drug-likeness (QED) is 0.242. The molecule has 0 bridgehead atoms. The molecule has 0 amide bonds. The summed E-state index contributed by atoms with van der Waals surface area (Å²) in [5.74, 6) is -0.477. The van der Waals surface area contributed by atoms with Crippen molar-refractivity contribution < 1.29 is 9.90 Å². The molecule has 7 nitrogen and oxygen atoms in total. The van der Waals surface area contributed by atoms with E-state index in [1.165, 1.54) is 6.08 Å². The van der Waals surface area contributed by atoms with Crippen LogP contribution in [0.5, 0.6) is 0 Å². The van der Waals surface area contributed by atoms with Crippen LogP contribution in [0.2, 0.25) is 0 Å². The van der Waals surface area contributed by atoms with Crippen LogP contribution in [0.1, 0.15) is 16.7 Å². The van der Waals surface area contributed by atoms with Gasteiger partial charge in [-0.25, -0.2) is 9.78 Å². The molecule has 8 heteroatoms. The number of fused-ring (bicyclic) bond motifs is 1. The maximum absolute atomic E-state index is 13.5. The number of nitrogens with one attached hydrogen (secondary N) is 1.